The van der Waals surface area contributed by atoms with Crippen LogP contribution in [0.4, 0.5) is 0 Å². The monoisotopic (exact) mass is 422 g/mol. The number of fused-ring (bicyclic) bond motifs is 1. The van der Waals surface area contributed by atoms with Crippen LogP contribution in [0.1, 0.15) is 60.7 Å². The molecule has 1 aliphatic heterocycles. The van der Waals surface area contributed by atoms with Gasteiger partial charge in [-0.05, 0) is 58.7 Å². The minimum atomic E-state index is -0.561. The number of ketones is 1. The summed E-state index contributed by atoms with van der Waals surface area (Å²) in [6.45, 7) is 8.09. The van der Waals surface area contributed by atoms with E-state index in [1.165, 1.54) is 0 Å². The molecule has 0 spiro atoms. The second kappa shape index (κ2) is 9.29. The molecule has 0 saturated carbocycles. The highest BCUT2D eigenvalue weighted by atomic mass is 16.5. The Bertz CT molecular complexity index is 1050. The maximum Gasteiger partial charge on any atom is 0.177 e. The zero-order chi connectivity index (χ0) is 22.7. The summed E-state index contributed by atoms with van der Waals surface area (Å²) >= 11 is 0. The van der Waals surface area contributed by atoms with Gasteiger partial charge in [0.2, 0.25) is 0 Å². The van der Waals surface area contributed by atoms with Crippen LogP contribution in [-0.4, -0.2) is 29.7 Å². The predicted octanol–water partition coefficient (Wildman–Crippen LogP) is 5.48. The number of rotatable bonds is 6. The Morgan fingerprint density at radius 2 is 1.58 bits per heavy atom. The first-order valence-corrected chi connectivity index (χ1v) is 10.4. The van der Waals surface area contributed by atoms with E-state index in [-0.39, 0.29) is 23.9 Å². The average molecular weight is 423 g/mol. The van der Waals surface area contributed by atoms with Crippen molar-refractivity contribution in [1.82, 2.24) is 0 Å². The lowest BCUT2D eigenvalue weighted by molar-refractivity contribution is 0.0892. The summed E-state index contributed by atoms with van der Waals surface area (Å²) in [6.07, 6.45) is 5.00. The number of carbonyl (C=O) groups is 1. The first-order valence-electron chi connectivity index (χ1n) is 10.4. The second-order valence-corrected chi connectivity index (χ2v) is 8.32. The highest BCUT2D eigenvalue weighted by Gasteiger charge is 2.35. The number of benzene rings is 2. The molecule has 2 N–H and O–H groups in total. The van der Waals surface area contributed by atoms with Crippen LogP contribution < -0.4 is 9.47 Å². The topological polar surface area (TPSA) is 76.0 Å². The number of Topliss-reactive ketones (excluding diaryl/α,β-unsaturated/α-hetero) is 1. The van der Waals surface area contributed by atoms with Crippen molar-refractivity contribution in [3.63, 3.8) is 0 Å². The second-order valence-electron chi connectivity index (χ2n) is 8.32. The van der Waals surface area contributed by atoms with Crippen LogP contribution >= 0.6 is 0 Å². The average Bonchev–Trinajstić information content (AvgIpc) is 2.72. The minimum Gasteiger partial charge on any atom is -0.508 e. The van der Waals surface area contributed by atoms with Gasteiger partial charge in [0.1, 0.15) is 29.6 Å². The van der Waals surface area contributed by atoms with E-state index in [0.29, 0.717) is 46.6 Å². The van der Waals surface area contributed by atoms with Crippen molar-refractivity contribution >= 4 is 5.78 Å². The molecule has 1 atom stereocenters. The van der Waals surface area contributed by atoms with Crippen LogP contribution in [0.3, 0.4) is 0 Å². The Hall–Kier alpha value is -3.21. The molecule has 0 bridgehead atoms. The number of methoxy groups -OCH3 is 1. The van der Waals surface area contributed by atoms with Gasteiger partial charge in [-0.2, -0.15) is 0 Å². The largest absolute Gasteiger partial charge is 0.508 e. The summed E-state index contributed by atoms with van der Waals surface area (Å²) in [4.78, 5) is 13.4. The number of phenolic OH excluding ortho intramolecular Hbond substituents is 2. The van der Waals surface area contributed by atoms with Crippen molar-refractivity contribution in [2.45, 2.75) is 46.5 Å². The van der Waals surface area contributed by atoms with Gasteiger partial charge in [-0.1, -0.05) is 29.4 Å². The molecule has 3 rings (SSSR count). The predicted molar refractivity (Wildman–Crippen MR) is 122 cm³/mol. The number of phenols is 2. The fourth-order valence-corrected chi connectivity index (χ4v) is 3.80. The van der Waals surface area contributed by atoms with Gasteiger partial charge in [-0.15, -0.1) is 0 Å². The van der Waals surface area contributed by atoms with Crippen LogP contribution in [0.25, 0.3) is 0 Å². The molecule has 2 aromatic rings. The highest BCUT2D eigenvalue weighted by Crippen LogP contribution is 2.43. The lowest BCUT2D eigenvalue weighted by Gasteiger charge is -2.28. The summed E-state index contributed by atoms with van der Waals surface area (Å²) in [5.74, 6) is 0.559. The van der Waals surface area contributed by atoms with E-state index in [4.69, 9.17) is 9.47 Å². The zero-order valence-electron chi connectivity index (χ0n) is 18.8. The third-order valence-electron chi connectivity index (χ3n) is 5.49. The number of hydrogen-bond acceptors (Lipinski definition) is 5. The van der Waals surface area contributed by atoms with E-state index in [2.05, 4.69) is 0 Å². The van der Waals surface area contributed by atoms with Crippen LogP contribution in [0.5, 0.6) is 23.0 Å². The molecule has 164 valence electrons. The van der Waals surface area contributed by atoms with Crippen molar-refractivity contribution in [2.75, 3.05) is 13.7 Å². The Kier molecular flexibility index (Phi) is 6.74. The zero-order valence-corrected chi connectivity index (χ0v) is 18.8. The van der Waals surface area contributed by atoms with E-state index >= 15 is 0 Å². The normalized spacial score (nSPS) is 15.0. The maximum atomic E-state index is 13.4. The van der Waals surface area contributed by atoms with E-state index in [1.807, 2.05) is 39.8 Å². The Labute approximate surface area is 183 Å². The standard InChI is InChI=1S/C26H30O5/c1-15(2)6-8-18-22(27)12-10-17(25(18)30-5)21-14-31-26-19(9-7-16(3)4)23(28)13-11-20(26)24(21)29/h6-7,10-13,21,27-28H,8-9,14H2,1-5H3/t21-/m0/s1. The van der Waals surface area contributed by atoms with Gasteiger partial charge in [0.05, 0.1) is 18.6 Å². The van der Waals surface area contributed by atoms with E-state index in [0.717, 1.165) is 11.1 Å². The molecule has 0 unspecified atom stereocenters. The molecule has 1 heterocycles. The molecule has 2 aromatic carbocycles. The van der Waals surface area contributed by atoms with Gasteiger partial charge in [0.25, 0.3) is 0 Å². The van der Waals surface area contributed by atoms with Crippen LogP contribution in [0.15, 0.2) is 47.6 Å². The lowest BCUT2D eigenvalue weighted by Crippen LogP contribution is -2.27. The van der Waals surface area contributed by atoms with Crippen molar-refractivity contribution in [1.29, 1.82) is 0 Å². The molecule has 0 aromatic heterocycles. The first-order chi connectivity index (χ1) is 14.7. The van der Waals surface area contributed by atoms with Crippen molar-refractivity contribution in [3.05, 3.63) is 69.8 Å². The molecular weight excluding hydrogens is 392 g/mol. The third kappa shape index (κ3) is 4.61. The van der Waals surface area contributed by atoms with E-state index in [1.54, 1.807) is 31.4 Å². The Morgan fingerprint density at radius 1 is 1.00 bits per heavy atom. The van der Waals surface area contributed by atoms with E-state index in [9.17, 15) is 15.0 Å². The van der Waals surface area contributed by atoms with Crippen LogP contribution in [-0.2, 0) is 12.8 Å². The molecular formula is C26H30O5. The fraction of sp³-hybridized carbons (Fsp3) is 0.346. The molecule has 5 heteroatoms. The smallest absolute Gasteiger partial charge is 0.177 e. The summed E-state index contributed by atoms with van der Waals surface area (Å²) in [5.41, 5.74) is 4.65. The molecule has 0 radical (unpaired) electrons. The van der Waals surface area contributed by atoms with Gasteiger partial charge >= 0.3 is 0 Å². The van der Waals surface area contributed by atoms with Crippen molar-refractivity contribution < 1.29 is 24.5 Å². The van der Waals surface area contributed by atoms with Gasteiger partial charge in [0.15, 0.2) is 5.78 Å². The molecule has 0 amide bonds. The number of hydrogen-bond donors (Lipinski definition) is 2. The summed E-state index contributed by atoms with van der Waals surface area (Å²) in [5, 5.41) is 20.7. The number of carbonyl (C=O) groups excluding carboxylic acids is 1. The van der Waals surface area contributed by atoms with Gasteiger partial charge in [-0.3, -0.25) is 4.79 Å². The first kappa shape index (κ1) is 22.5. The summed E-state index contributed by atoms with van der Waals surface area (Å²) in [7, 11) is 1.54. The van der Waals surface area contributed by atoms with Crippen LogP contribution in [0.2, 0.25) is 0 Å². The molecule has 1 aliphatic rings. The van der Waals surface area contributed by atoms with Gasteiger partial charge < -0.3 is 19.7 Å². The van der Waals surface area contributed by atoms with Gasteiger partial charge in [-0.25, -0.2) is 0 Å². The molecule has 0 saturated heterocycles. The Morgan fingerprint density at radius 3 is 2.19 bits per heavy atom. The van der Waals surface area contributed by atoms with Gasteiger partial charge in [0, 0.05) is 16.7 Å². The third-order valence-corrected chi connectivity index (χ3v) is 5.49. The molecule has 0 fully saturated rings. The number of aromatic hydroxyl groups is 2. The van der Waals surface area contributed by atoms with Crippen molar-refractivity contribution in [2.24, 2.45) is 0 Å². The molecule has 31 heavy (non-hydrogen) atoms. The number of allylic oxidation sites excluding steroid dienone is 4. The molecule has 5 nitrogen and oxygen atoms in total. The minimum absolute atomic E-state index is 0.0862. The fourth-order valence-electron chi connectivity index (χ4n) is 3.80. The maximum absolute atomic E-state index is 13.4. The summed E-state index contributed by atoms with van der Waals surface area (Å²) < 4.78 is 11.7. The number of ether oxygens (including phenoxy) is 2. The quantitative estimate of drug-likeness (QED) is 0.603. The lowest BCUT2D eigenvalue weighted by atomic mass is 9.85. The highest BCUT2D eigenvalue weighted by molar-refractivity contribution is 6.05. The SMILES string of the molecule is COc1c([C@@H]2COc3c(ccc(O)c3CC=C(C)C)C2=O)ccc(O)c1CC=C(C)C. The van der Waals surface area contributed by atoms with E-state index < -0.39 is 5.92 Å². The Balaban J connectivity index is 2.04. The molecule has 0 aliphatic carbocycles. The van der Waals surface area contributed by atoms with Crippen molar-refractivity contribution in [3.8, 4) is 23.0 Å². The van der Waals surface area contributed by atoms with Crippen LogP contribution in [0, 0.1) is 0 Å². The summed E-state index contributed by atoms with van der Waals surface area (Å²) in [6, 6.07) is 6.49.